The molecule has 11 nitrogen and oxygen atoms in total. The van der Waals surface area contributed by atoms with Gasteiger partial charge < -0.3 is 35.4 Å². The predicted octanol–water partition coefficient (Wildman–Crippen LogP) is 8.59. The van der Waals surface area contributed by atoms with Gasteiger partial charge in [0, 0.05) is 57.8 Å². The smallest absolute Gasteiger partial charge is 0.405 e. The summed E-state index contributed by atoms with van der Waals surface area (Å²) in [7, 11) is 3.26. The maximum Gasteiger partial charge on any atom is 0.405 e. The zero-order chi connectivity index (χ0) is 36.8. The highest BCUT2D eigenvalue weighted by Gasteiger charge is 2.22. The van der Waals surface area contributed by atoms with Crippen LogP contribution in [0.5, 0.6) is 11.5 Å². The Kier molecular flexibility index (Phi) is 11.5. The monoisotopic (exact) mass is 742 g/mol. The van der Waals surface area contributed by atoms with Crippen molar-refractivity contribution in [3.8, 4) is 11.5 Å². The maximum absolute atomic E-state index is 13.5. The summed E-state index contributed by atoms with van der Waals surface area (Å²) in [4.78, 5) is 36.2. The van der Waals surface area contributed by atoms with Crippen molar-refractivity contribution < 1.29 is 24.2 Å². The average molecular weight is 744 g/mol. The summed E-state index contributed by atoms with van der Waals surface area (Å²) < 4.78 is 11.0. The molecule has 0 aliphatic rings. The van der Waals surface area contributed by atoms with Crippen LogP contribution in [0.15, 0.2) is 72.8 Å². The van der Waals surface area contributed by atoms with Crippen LogP contribution in [0.25, 0.3) is 43.6 Å². The van der Waals surface area contributed by atoms with Crippen molar-refractivity contribution in [2.45, 2.75) is 32.2 Å². The number of pyridine rings is 2. The van der Waals surface area contributed by atoms with E-state index in [1.165, 1.54) is 0 Å². The fourth-order valence-corrected chi connectivity index (χ4v) is 6.74. The number of carboxylic acid groups (broad SMARTS) is 1. The molecule has 2 aromatic heterocycles. The molecule has 0 aliphatic heterocycles. The lowest BCUT2D eigenvalue weighted by Gasteiger charge is -2.26. The van der Waals surface area contributed by atoms with Crippen LogP contribution < -0.4 is 25.4 Å². The molecule has 4 N–H and O–H groups in total. The molecule has 13 heteroatoms. The number of fused-ring (bicyclic) bond motifs is 4. The summed E-state index contributed by atoms with van der Waals surface area (Å²) in [5.74, 6) is 1.17. The Morgan fingerprint density at radius 3 is 1.69 bits per heavy atom. The molecule has 52 heavy (non-hydrogen) atoms. The number of carbonyl (C=O) groups excluding carboxylic acids is 1. The van der Waals surface area contributed by atoms with Gasteiger partial charge in [-0.25, -0.2) is 14.8 Å². The van der Waals surface area contributed by atoms with Crippen LogP contribution in [0.4, 0.5) is 16.2 Å². The van der Waals surface area contributed by atoms with Crippen molar-refractivity contribution in [2.75, 3.05) is 51.0 Å². The normalized spacial score (nSPS) is 11.9. The predicted molar refractivity (Wildman–Crippen MR) is 210 cm³/mol. The molecular weight excluding hydrogens is 703 g/mol. The van der Waals surface area contributed by atoms with E-state index in [1.54, 1.807) is 26.0 Å². The molecule has 0 aliphatic carbocycles. The third-order valence-corrected chi connectivity index (χ3v) is 9.44. The van der Waals surface area contributed by atoms with Crippen LogP contribution in [-0.2, 0) is 4.79 Å². The Morgan fingerprint density at radius 1 is 0.692 bits per heavy atom. The number of anilines is 2. The quantitative estimate of drug-likeness (QED) is 0.0602. The van der Waals surface area contributed by atoms with Crippen LogP contribution in [0.2, 0.25) is 10.0 Å². The first kappa shape index (κ1) is 36.5. The van der Waals surface area contributed by atoms with Crippen LogP contribution in [-0.4, -0.2) is 78.4 Å². The van der Waals surface area contributed by atoms with E-state index in [9.17, 15) is 14.7 Å². The van der Waals surface area contributed by atoms with Gasteiger partial charge in [-0.2, -0.15) is 0 Å². The van der Waals surface area contributed by atoms with Crippen molar-refractivity contribution in [3.05, 3.63) is 82.8 Å². The summed E-state index contributed by atoms with van der Waals surface area (Å²) in [6, 6.07) is 21.9. The molecule has 1 unspecified atom stereocenters. The highest BCUT2D eigenvalue weighted by atomic mass is 35.5. The molecule has 6 rings (SSSR count). The number of hydrogen-bond donors (Lipinski definition) is 4. The van der Waals surface area contributed by atoms with Crippen molar-refractivity contribution >= 4 is 90.2 Å². The molecule has 0 saturated heterocycles. The number of aromatic nitrogens is 2. The van der Waals surface area contributed by atoms with Crippen LogP contribution in [0.3, 0.4) is 0 Å². The molecule has 1 atom stereocenters. The molecule has 2 amide bonds. The van der Waals surface area contributed by atoms with Crippen LogP contribution in [0.1, 0.15) is 26.2 Å². The summed E-state index contributed by atoms with van der Waals surface area (Å²) in [6.45, 7) is 3.65. The Hall–Kier alpha value is -5.26. The molecule has 0 saturated carbocycles. The Balaban J connectivity index is 1.14. The van der Waals surface area contributed by atoms with E-state index in [-0.39, 0.29) is 5.91 Å². The lowest BCUT2D eigenvalue weighted by Crippen LogP contribution is -2.47. The van der Waals surface area contributed by atoms with E-state index < -0.39 is 12.1 Å². The van der Waals surface area contributed by atoms with Crippen molar-refractivity contribution in [1.82, 2.24) is 20.2 Å². The number of halogens is 2. The van der Waals surface area contributed by atoms with Crippen LogP contribution >= 0.6 is 23.2 Å². The van der Waals surface area contributed by atoms with Gasteiger partial charge in [0.15, 0.2) is 0 Å². The first-order valence-corrected chi connectivity index (χ1v) is 17.8. The first-order valence-electron chi connectivity index (χ1n) is 17.0. The number of rotatable bonds is 15. The zero-order valence-corrected chi connectivity index (χ0v) is 30.6. The summed E-state index contributed by atoms with van der Waals surface area (Å²) in [6.07, 6.45) is 0.826. The number of nitrogens with one attached hydrogen (secondary N) is 3. The second kappa shape index (κ2) is 16.4. The molecule has 4 aromatic carbocycles. The number of amides is 2. The Bertz CT molecular complexity index is 2270. The van der Waals surface area contributed by atoms with Gasteiger partial charge >= 0.3 is 6.09 Å². The summed E-state index contributed by atoms with van der Waals surface area (Å²) in [5, 5.41) is 23.7. The highest BCUT2D eigenvalue weighted by Crippen LogP contribution is 2.35. The van der Waals surface area contributed by atoms with Gasteiger partial charge in [-0.05, 0) is 99.0 Å². The van der Waals surface area contributed by atoms with E-state index in [0.29, 0.717) is 54.8 Å². The van der Waals surface area contributed by atoms with Crippen LogP contribution in [0, 0.1) is 0 Å². The van der Waals surface area contributed by atoms with Gasteiger partial charge in [-0.1, -0.05) is 23.2 Å². The van der Waals surface area contributed by atoms with Gasteiger partial charge in [-0.3, -0.25) is 4.79 Å². The van der Waals surface area contributed by atoms with Gasteiger partial charge in [0.2, 0.25) is 5.91 Å². The topological polar surface area (TPSA) is 138 Å². The summed E-state index contributed by atoms with van der Waals surface area (Å²) >= 11 is 12.6. The minimum absolute atomic E-state index is 0.273. The number of unbranched alkanes of at least 4 members (excludes halogenated alkanes) is 1. The maximum atomic E-state index is 13.5. The number of carbonyl (C=O) groups is 2. The lowest BCUT2D eigenvalue weighted by atomic mass is 10.1. The van der Waals surface area contributed by atoms with Crippen molar-refractivity contribution in [3.63, 3.8) is 0 Å². The molecule has 0 fully saturated rings. The molecule has 270 valence electrons. The molecule has 0 spiro atoms. The Labute approximate surface area is 311 Å². The number of methoxy groups -OCH3 is 2. The van der Waals surface area contributed by atoms with Crippen molar-refractivity contribution in [1.29, 1.82) is 0 Å². The molecule has 2 heterocycles. The van der Waals surface area contributed by atoms with Crippen molar-refractivity contribution in [2.24, 2.45) is 0 Å². The highest BCUT2D eigenvalue weighted by molar-refractivity contribution is 6.32. The third-order valence-electron chi connectivity index (χ3n) is 8.97. The minimum atomic E-state index is -1.24. The second-order valence-corrected chi connectivity index (χ2v) is 13.3. The third kappa shape index (κ3) is 8.27. The molecule has 0 radical (unpaired) electrons. The largest absolute Gasteiger partial charge is 0.497 e. The van der Waals surface area contributed by atoms with E-state index in [4.69, 9.17) is 42.6 Å². The molecule has 0 bridgehead atoms. The minimum Gasteiger partial charge on any atom is -0.497 e. The number of ether oxygens (including phenoxy) is 2. The van der Waals surface area contributed by atoms with Gasteiger partial charge in [0.25, 0.3) is 0 Å². The van der Waals surface area contributed by atoms with E-state index in [1.807, 2.05) is 72.8 Å². The first-order chi connectivity index (χ1) is 25.1. The second-order valence-electron chi connectivity index (χ2n) is 12.5. The fraction of sp³-hybridized carbons (Fsp3) is 0.282. The van der Waals surface area contributed by atoms with E-state index in [0.717, 1.165) is 67.2 Å². The Morgan fingerprint density at radius 2 is 1.19 bits per heavy atom. The number of benzene rings is 4. The fourth-order valence-electron chi connectivity index (χ4n) is 6.41. The zero-order valence-electron chi connectivity index (χ0n) is 29.1. The SMILES string of the molecule is COc1ccc2nc3cc(Cl)ccc3c(NCCCCN(CCCNc3c4ccc(Cl)cc4nc4ccc(OC)cc34)C(=O)C(C)NC(=O)O)c2c1. The van der Waals surface area contributed by atoms with Gasteiger partial charge in [0.05, 0.1) is 47.7 Å². The number of nitrogens with zero attached hydrogens (tertiary/aromatic N) is 3. The lowest BCUT2D eigenvalue weighted by molar-refractivity contribution is -0.133. The molecular formula is C39H40Cl2N6O5. The van der Waals surface area contributed by atoms with Gasteiger partial charge in [-0.15, -0.1) is 0 Å². The molecule has 6 aromatic rings. The standard InChI is InChI=1S/C39H40Cl2N6O5/c1-23(44-39(49)50)38(48)47(18-6-16-43-37-29-12-8-25(41)20-35(29)46-33-14-10-27(52-3)22-31(33)37)17-5-4-15-42-36-28-11-7-24(40)19-34(28)45-32-13-9-26(51-2)21-30(32)36/h7-14,19-23,44H,4-6,15-18H2,1-3H3,(H,42,45)(H,43,46)(H,49,50). The number of hydrogen-bond acceptors (Lipinski definition) is 8. The van der Waals surface area contributed by atoms with E-state index >= 15 is 0 Å². The van der Waals surface area contributed by atoms with E-state index in [2.05, 4.69) is 16.0 Å². The average Bonchev–Trinajstić information content (AvgIpc) is 3.13. The van der Waals surface area contributed by atoms with Gasteiger partial charge in [0.1, 0.15) is 17.5 Å². The summed E-state index contributed by atoms with van der Waals surface area (Å²) in [5.41, 5.74) is 5.00.